The molecule has 0 radical (unpaired) electrons. The topological polar surface area (TPSA) is 76.4 Å². The van der Waals surface area contributed by atoms with Crippen LogP contribution in [0.4, 0.5) is 0 Å². The van der Waals surface area contributed by atoms with E-state index < -0.39 is 0 Å². The Labute approximate surface area is 97.5 Å². The number of carbonyl (C=O) groups excluding carboxylic acids is 1. The van der Waals surface area contributed by atoms with Gasteiger partial charge in [-0.1, -0.05) is 0 Å². The van der Waals surface area contributed by atoms with Crippen molar-refractivity contribution in [1.29, 1.82) is 0 Å². The van der Waals surface area contributed by atoms with Gasteiger partial charge in [-0.3, -0.25) is 16.1 Å². The van der Waals surface area contributed by atoms with E-state index in [4.69, 9.17) is 5.84 Å². The van der Waals surface area contributed by atoms with E-state index in [1.165, 1.54) is 0 Å². The van der Waals surface area contributed by atoms with Crippen molar-refractivity contribution in [3.63, 3.8) is 0 Å². The number of hydrazine groups is 1. The summed E-state index contributed by atoms with van der Waals surface area (Å²) in [4.78, 5) is 9.39. The molecule has 15 heavy (non-hydrogen) atoms. The van der Waals surface area contributed by atoms with Gasteiger partial charge in [0.25, 0.3) is 6.47 Å². The first-order valence-corrected chi connectivity index (χ1v) is 4.96. The molecular weight excluding hydrogens is 218 g/mol. The maximum Gasteiger partial charge on any atom is 0.293 e. The summed E-state index contributed by atoms with van der Waals surface area (Å²) in [6.07, 6.45) is 2.36. The average molecular weight is 240 g/mol. The molecule has 0 spiro atoms. The Hall–Kier alpha value is -0.360. The average Bonchev–Trinajstić information content (AvgIpc) is 2.20. The molecule has 0 saturated carbocycles. The third-order valence-corrected chi connectivity index (χ3v) is 1.90. The predicted octanol–water partition coefficient (Wildman–Crippen LogP) is 0.191. The summed E-state index contributed by atoms with van der Waals surface area (Å²) in [6, 6.07) is 0.552. The van der Waals surface area contributed by atoms with Crippen LogP contribution in [0.3, 0.4) is 0 Å². The first-order valence-electron chi connectivity index (χ1n) is 4.96. The predicted molar refractivity (Wildman–Crippen MR) is 62.7 cm³/mol. The van der Waals surface area contributed by atoms with Gasteiger partial charge in [0, 0.05) is 6.04 Å². The molecule has 0 aromatic rings. The Morgan fingerprint density at radius 2 is 2.00 bits per heavy atom. The van der Waals surface area contributed by atoms with Crippen molar-refractivity contribution < 1.29 is 9.53 Å². The summed E-state index contributed by atoms with van der Waals surface area (Å²) in [6.45, 7) is 6.26. The van der Waals surface area contributed by atoms with Crippen LogP contribution in [0.1, 0.15) is 26.7 Å². The quantitative estimate of drug-likeness (QED) is 0.373. The first kappa shape index (κ1) is 17.0. The molecule has 1 fully saturated rings. The zero-order valence-corrected chi connectivity index (χ0v) is 10.2. The lowest BCUT2D eigenvalue weighted by Gasteiger charge is -2.20. The van der Waals surface area contributed by atoms with E-state index in [-0.39, 0.29) is 18.5 Å². The highest BCUT2D eigenvalue weighted by Crippen LogP contribution is 1.98. The molecule has 0 unspecified atom stereocenters. The highest BCUT2D eigenvalue weighted by atomic mass is 35.5. The lowest BCUT2D eigenvalue weighted by atomic mass is 10.1. The minimum Gasteiger partial charge on any atom is -0.465 e. The molecule has 0 amide bonds. The molecule has 0 aliphatic carbocycles. The van der Waals surface area contributed by atoms with Crippen LogP contribution in [0, 0.1) is 0 Å². The summed E-state index contributed by atoms with van der Waals surface area (Å²) in [7, 11) is 0. The lowest BCUT2D eigenvalue weighted by Crippen LogP contribution is -2.43. The Bertz CT molecular complexity index is 141. The van der Waals surface area contributed by atoms with Crippen molar-refractivity contribution in [2.45, 2.75) is 38.8 Å². The fourth-order valence-electron chi connectivity index (χ4n) is 1.10. The van der Waals surface area contributed by atoms with Crippen molar-refractivity contribution >= 4 is 18.9 Å². The summed E-state index contributed by atoms with van der Waals surface area (Å²) in [5.74, 6) is 5.23. The summed E-state index contributed by atoms with van der Waals surface area (Å²) >= 11 is 0. The number of rotatable bonds is 3. The number of ether oxygens (including phenoxy) is 1. The largest absolute Gasteiger partial charge is 0.465 e. The van der Waals surface area contributed by atoms with Gasteiger partial charge in [0.15, 0.2) is 0 Å². The molecule has 92 valence electrons. The van der Waals surface area contributed by atoms with Gasteiger partial charge in [-0.15, -0.1) is 12.4 Å². The van der Waals surface area contributed by atoms with Crippen molar-refractivity contribution in [2.24, 2.45) is 5.84 Å². The number of nitrogens with two attached hydrogens (primary N) is 1. The number of hydrogen-bond acceptors (Lipinski definition) is 5. The smallest absolute Gasteiger partial charge is 0.293 e. The van der Waals surface area contributed by atoms with Crippen molar-refractivity contribution in [2.75, 3.05) is 13.1 Å². The highest BCUT2D eigenvalue weighted by molar-refractivity contribution is 5.85. The van der Waals surface area contributed by atoms with Gasteiger partial charge in [0.1, 0.15) is 0 Å². The minimum absolute atomic E-state index is 0. The Morgan fingerprint density at radius 3 is 2.20 bits per heavy atom. The summed E-state index contributed by atoms with van der Waals surface area (Å²) in [5.41, 5.74) is 2.76. The second-order valence-corrected chi connectivity index (χ2v) is 3.47. The molecule has 4 N–H and O–H groups in total. The fourth-order valence-corrected chi connectivity index (χ4v) is 1.10. The lowest BCUT2D eigenvalue weighted by molar-refractivity contribution is -0.131. The van der Waals surface area contributed by atoms with E-state index >= 15 is 0 Å². The third kappa shape index (κ3) is 11.6. The van der Waals surface area contributed by atoms with Gasteiger partial charge in [0.2, 0.25) is 0 Å². The van der Waals surface area contributed by atoms with Gasteiger partial charge < -0.3 is 10.1 Å². The van der Waals surface area contributed by atoms with Crippen LogP contribution < -0.4 is 16.6 Å². The molecule has 5 nitrogen and oxygen atoms in total. The molecular formula is C9H22ClN3O2. The van der Waals surface area contributed by atoms with E-state index in [0.717, 1.165) is 25.9 Å². The Balaban J connectivity index is 0. The molecule has 6 heteroatoms. The van der Waals surface area contributed by atoms with Crippen molar-refractivity contribution in [3.8, 4) is 0 Å². The zero-order valence-electron chi connectivity index (χ0n) is 9.36. The molecule has 1 aliphatic heterocycles. The molecule has 0 aromatic heterocycles. The van der Waals surface area contributed by atoms with Crippen molar-refractivity contribution in [3.05, 3.63) is 0 Å². The van der Waals surface area contributed by atoms with E-state index in [1.807, 2.05) is 0 Å². The molecule has 0 bridgehead atoms. The van der Waals surface area contributed by atoms with Crippen molar-refractivity contribution in [1.82, 2.24) is 10.7 Å². The Kier molecular flexibility index (Phi) is 13.3. The highest BCUT2D eigenvalue weighted by Gasteiger charge is 2.08. The fraction of sp³-hybridized carbons (Fsp3) is 0.889. The van der Waals surface area contributed by atoms with Crippen LogP contribution in [-0.4, -0.2) is 31.7 Å². The van der Waals surface area contributed by atoms with Gasteiger partial charge in [-0.25, -0.2) is 0 Å². The van der Waals surface area contributed by atoms with Gasteiger partial charge >= 0.3 is 0 Å². The van der Waals surface area contributed by atoms with Crippen LogP contribution >= 0.6 is 12.4 Å². The van der Waals surface area contributed by atoms with E-state index in [2.05, 4.69) is 15.5 Å². The first-order chi connectivity index (χ1) is 6.70. The minimum atomic E-state index is 0. The maximum atomic E-state index is 9.39. The second kappa shape index (κ2) is 11.7. The number of piperidine rings is 1. The second-order valence-electron chi connectivity index (χ2n) is 3.47. The SMILES string of the molecule is CC(C)OC=O.Cl.NNC1CCNCC1. The molecule has 1 heterocycles. The number of halogens is 1. The Morgan fingerprint density at radius 1 is 1.47 bits per heavy atom. The standard InChI is InChI=1S/C5H13N3.C4H8O2.ClH/c6-8-5-1-3-7-4-2-5;1-4(2)6-3-5;/h5,7-8H,1-4,6H2;3-4H,1-2H3;1H. The normalized spacial score (nSPS) is 16.0. The van der Waals surface area contributed by atoms with Gasteiger partial charge in [-0.05, 0) is 39.8 Å². The summed E-state index contributed by atoms with van der Waals surface area (Å²) < 4.78 is 4.36. The number of carbonyl (C=O) groups is 1. The van der Waals surface area contributed by atoms with Crippen LogP contribution in [0.15, 0.2) is 0 Å². The van der Waals surface area contributed by atoms with Crippen LogP contribution in [-0.2, 0) is 9.53 Å². The number of hydrogen-bond donors (Lipinski definition) is 3. The molecule has 0 aromatic carbocycles. The van der Waals surface area contributed by atoms with Gasteiger partial charge in [0.05, 0.1) is 6.10 Å². The number of nitrogens with one attached hydrogen (secondary N) is 2. The van der Waals surface area contributed by atoms with E-state index in [9.17, 15) is 4.79 Å². The molecule has 0 atom stereocenters. The molecule has 1 rings (SSSR count). The van der Waals surface area contributed by atoms with Crippen LogP contribution in [0.2, 0.25) is 0 Å². The molecule has 1 aliphatic rings. The third-order valence-electron chi connectivity index (χ3n) is 1.90. The van der Waals surface area contributed by atoms with Crippen LogP contribution in [0.25, 0.3) is 0 Å². The molecule has 1 saturated heterocycles. The van der Waals surface area contributed by atoms with E-state index in [0.29, 0.717) is 12.5 Å². The monoisotopic (exact) mass is 239 g/mol. The zero-order chi connectivity index (χ0) is 10.8. The van der Waals surface area contributed by atoms with Gasteiger partial charge in [-0.2, -0.15) is 0 Å². The maximum absolute atomic E-state index is 9.39. The van der Waals surface area contributed by atoms with E-state index in [1.54, 1.807) is 13.8 Å². The summed E-state index contributed by atoms with van der Waals surface area (Å²) in [5, 5.41) is 3.25. The van der Waals surface area contributed by atoms with Crippen LogP contribution in [0.5, 0.6) is 0 Å².